The van der Waals surface area contributed by atoms with Gasteiger partial charge in [0.25, 0.3) is 5.91 Å². The Morgan fingerprint density at radius 3 is 2.17 bits per heavy atom. The van der Waals surface area contributed by atoms with Gasteiger partial charge in [-0.2, -0.15) is 5.10 Å². The summed E-state index contributed by atoms with van der Waals surface area (Å²) in [4.78, 5) is 12.1. The number of aryl methyl sites for hydroxylation is 1. The Balaban J connectivity index is 2.01. The quantitative estimate of drug-likeness (QED) is 0.651. The monoisotopic (exact) mass is 310 g/mol. The van der Waals surface area contributed by atoms with E-state index in [1.54, 1.807) is 24.3 Å². The molecule has 0 bridgehead atoms. The molecule has 0 heterocycles. The third kappa shape index (κ3) is 4.68. The molecule has 4 nitrogen and oxygen atoms in total. The van der Waals surface area contributed by atoms with Crippen LogP contribution < -0.4 is 10.2 Å². The first kappa shape index (κ1) is 16.7. The Labute approximate surface area is 137 Å². The summed E-state index contributed by atoms with van der Waals surface area (Å²) < 4.78 is 5.36. The number of hydrogen-bond donors (Lipinski definition) is 1. The maximum atomic E-state index is 12.1. The van der Waals surface area contributed by atoms with E-state index in [0.29, 0.717) is 12.2 Å². The summed E-state index contributed by atoms with van der Waals surface area (Å²) in [6.45, 7) is 6.52. The molecule has 0 aliphatic rings. The van der Waals surface area contributed by atoms with Gasteiger partial charge in [0.1, 0.15) is 5.75 Å². The predicted molar refractivity (Wildman–Crippen MR) is 93.1 cm³/mol. The number of nitrogens with zero attached hydrogens (tertiary/aromatic N) is 1. The molecular weight excluding hydrogens is 288 g/mol. The molecule has 0 spiro atoms. The SMILES string of the molecule is CCOc1ccc(C(=O)N/N=C(\C)c2ccc(CC)cc2)cc1. The number of rotatable bonds is 6. The molecule has 0 aliphatic carbocycles. The van der Waals surface area contributed by atoms with Gasteiger partial charge in [-0.05, 0) is 55.7 Å². The highest BCUT2D eigenvalue weighted by Gasteiger charge is 2.05. The van der Waals surface area contributed by atoms with E-state index in [1.807, 2.05) is 26.0 Å². The highest BCUT2D eigenvalue weighted by Crippen LogP contribution is 2.12. The largest absolute Gasteiger partial charge is 0.494 e. The zero-order chi connectivity index (χ0) is 16.7. The lowest BCUT2D eigenvalue weighted by atomic mass is 10.1. The number of amides is 1. The average molecular weight is 310 g/mol. The molecule has 0 unspecified atom stereocenters. The van der Waals surface area contributed by atoms with Crippen LogP contribution in [0.3, 0.4) is 0 Å². The van der Waals surface area contributed by atoms with Crippen LogP contribution in [0.4, 0.5) is 0 Å². The summed E-state index contributed by atoms with van der Waals surface area (Å²) in [7, 11) is 0. The average Bonchev–Trinajstić information content (AvgIpc) is 2.60. The minimum atomic E-state index is -0.238. The van der Waals surface area contributed by atoms with Crippen LogP contribution in [0.5, 0.6) is 5.75 Å². The molecule has 120 valence electrons. The van der Waals surface area contributed by atoms with E-state index < -0.39 is 0 Å². The molecule has 2 aromatic carbocycles. The van der Waals surface area contributed by atoms with Gasteiger partial charge in [-0.15, -0.1) is 0 Å². The van der Waals surface area contributed by atoms with Crippen molar-refractivity contribution in [1.29, 1.82) is 0 Å². The number of hydrogen-bond acceptors (Lipinski definition) is 3. The van der Waals surface area contributed by atoms with Crippen molar-refractivity contribution < 1.29 is 9.53 Å². The molecule has 0 radical (unpaired) electrons. The van der Waals surface area contributed by atoms with E-state index in [0.717, 1.165) is 23.4 Å². The summed E-state index contributed by atoms with van der Waals surface area (Å²) in [5.74, 6) is 0.511. The van der Waals surface area contributed by atoms with Crippen molar-refractivity contribution in [2.75, 3.05) is 6.61 Å². The van der Waals surface area contributed by atoms with Gasteiger partial charge in [0, 0.05) is 5.56 Å². The summed E-state index contributed by atoms with van der Waals surface area (Å²) in [6.07, 6.45) is 1.00. The normalized spacial score (nSPS) is 11.2. The Hall–Kier alpha value is -2.62. The molecule has 2 aromatic rings. The van der Waals surface area contributed by atoms with Crippen LogP contribution in [0, 0.1) is 0 Å². The van der Waals surface area contributed by atoms with Gasteiger partial charge in [0.05, 0.1) is 12.3 Å². The molecule has 0 aliphatic heterocycles. The Bertz CT molecular complexity index is 674. The number of ether oxygens (including phenoxy) is 1. The van der Waals surface area contributed by atoms with Crippen LogP contribution in [-0.4, -0.2) is 18.2 Å². The zero-order valence-electron chi connectivity index (χ0n) is 13.8. The maximum Gasteiger partial charge on any atom is 0.271 e. The standard InChI is InChI=1S/C19H22N2O2/c1-4-15-6-8-16(9-7-15)14(3)20-21-19(22)17-10-12-18(13-11-17)23-5-2/h6-13H,4-5H2,1-3H3,(H,21,22)/b20-14+. The van der Waals surface area contributed by atoms with Crippen molar-refractivity contribution in [3.8, 4) is 5.75 Å². The van der Waals surface area contributed by atoms with E-state index >= 15 is 0 Å². The fourth-order valence-corrected chi connectivity index (χ4v) is 2.11. The molecular formula is C19H22N2O2. The van der Waals surface area contributed by atoms with Crippen LogP contribution in [0.15, 0.2) is 53.6 Å². The summed E-state index contributed by atoms with van der Waals surface area (Å²) >= 11 is 0. The number of benzene rings is 2. The Morgan fingerprint density at radius 2 is 1.61 bits per heavy atom. The third-order valence-electron chi connectivity index (χ3n) is 3.53. The van der Waals surface area contributed by atoms with E-state index in [9.17, 15) is 4.79 Å². The Morgan fingerprint density at radius 1 is 1.00 bits per heavy atom. The minimum absolute atomic E-state index is 0.238. The van der Waals surface area contributed by atoms with Crippen molar-refractivity contribution in [2.45, 2.75) is 27.2 Å². The lowest BCUT2D eigenvalue weighted by Crippen LogP contribution is -2.19. The van der Waals surface area contributed by atoms with Crippen molar-refractivity contribution >= 4 is 11.6 Å². The van der Waals surface area contributed by atoms with E-state index in [-0.39, 0.29) is 5.91 Å². The molecule has 4 heteroatoms. The molecule has 23 heavy (non-hydrogen) atoms. The van der Waals surface area contributed by atoms with Crippen molar-refractivity contribution in [3.05, 3.63) is 65.2 Å². The van der Waals surface area contributed by atoms with Crippen LogP contribution in [0.1, 0.15) is 42.3 Å². The lowest BCUT2D eigenvalue weighted by molar-refractivity contribution is 0.0955. The molecule has 1 amide bonds. The number of carbonyl (C=O) groups excluding carboxylic acids is 1. The smallest absolute Gasteiger partial charge is 0.271 e. The second-order valence-corrected chi connectivity index (χ2v) is 5.15. The van der Waals surface area contributed by atoms with Crippen LogP contribution in [-0.2, 0) is 6.42 Å². The van der Waals surface area contributed by atoms with Gasteiger partial charge in [0.15, 0.2) is 0 Å². The molecule has 2 rings (SSSR count). The van der Waals surface area contributed by atoms with Crippen molar-refractivity contribution in [2.24, 2.45) is 5.10 Å². The lowest BCUT2D eigenvalue weighted by Gasteiger charge is -2.05. The van der Waals surface area contributed by atoms with Crippen molar-refractivity contribution in [3.63, 3.8) is 0 Å². The van der Waals surface area contributed by atoms with E-state index in [4.69, 9.17) is 4.74 Å². The zero-order valence-corrected chi connectivity index (χ0v) is 13.8. The van der Waals surface area contributed by atoms with E-state index in [2.05, 4.69) is 29.6 Å². The second kappa shape index (κ2) is 8.13. The number of nitrogens with one attached hydrogen (secondary N) is 1. The third-order valence-corrected chi connectivity index (χ3v) is 3.53. The first-order valence-corrected chi connectivity index (χ1v) is 7.80. The highest BCUT2D eigenvalue weighted by atomic mass is 16.5. The van der Waals surface area contributed by atoms with Crippen LogP contribution in [0.2, 0.25) is 0 Å². The first-order chi connectivity index (χ1) is 11.1. The fourth-order valence-electron chi connectivity index (χ4n) is 2.11. The van der Waals surface area contributed by atoms with Gasteiger partial charge in [-0.3, -0.25) is 4.79 Å². The highest BCUT2D eigenvalue weighted by molar-refractivity contribution is 6.00. The van der Waals surface area contributed by atoms with Gasteiger partial charge in [0.2, 0.25) is 0 Å². The predicted octanol–water partition coefficient (Wildman–Crippen LogP) is 3.80. The van der Waals surface area contributed by atoms with Gasteiger partial charge < -0.3 is 4.74 Å². The molecule has 1 N–H and O–H groups in total. The van der Waals surface area contributed by atoms with E-state index in [1.165, 1.54) is 5.56 Å². The summed E-state index contributed by atoms with van der Waals surface area (Å²) in [5.41, 5.74) is 6.18. The minimum Gasteiger partial charge on any atom is -0.494 e. The maximum absolute atomic E-state index is 12.1. The summed E-state index contributed by atoms with van der Waals surface area (Å²) in [6, 6.07) is 15.2. The molecule has 0 saturated heterocycles. The first-order valence-electron chi connectivity index (χ1n) is 7.80. The van der Waals surface area contributed by atoms with Crippen molar-refractivity contribution in [1.82, 2.24) is 5.43 Å². The molecule has 0 fully saturated rings. The van der Waals surface area contributed by atoms with Gasteiger partial charge in [-0.25, -0.2) is 5.43 Å². The number of carbonyl (C=O) groups is 1. The van der Waals surface area contributed by atoms with Gasteiger partial charge >= 0.3 is 0 Å². The molecule has 0 atom stereocenters. The topological polar surface area (TPSA) is 50.7 Å². The fraction of sp³-hybridized carbons (Fsp3) is 0.263. The molecule has 0 saturated carbocycles. The van der Waals surface area contributed by atoms with Crippen LogP contribution in [0.25, 0.3) is 0 Å². The van der Waals surface area contributed by atoms with Gasteiger partial charge in [-0.1, -0.05) is 31.2 Å². The van der Waals surface area contributed by atoms with Crippen LogP contribution >= 0.6 is 0 Å². The number of hydrazone groups is 1. The summed E-state index contributed by atoms with van der Waals surface area (Å²) in [5, 5.41) is 4.17. The second-order valence-electron chi connectivity index (χ2n) is 5.15. The Kier molecular flexibility index (Phi) is 5.92. The molecule has 0 aromatic heterocycles.